The topological polar surface area (TPSA) is 127 Å². The monoisotopic (exact) mass is 626 g/mol. The number of non-ortho nitro benzene ring substituents is 1. The molecule has 9 nitrogen and oxygen atoms in total. The molecule has 11 heteroatoms. The molecule has 0 aliphatic heterocycles. The van der Waals surface area contributed by atoms with Gasteiger partial charge in [0.2, 0.25) is 0 Å². The Bertz CT molecular complexity index is 1560. The van der Waals surface area contributed by atoms with E-state index < -0.39 is 21.6 Å². The van der Waals surface area contributed by atoms with Gasteiger partial charge >= 0.3 is 0 Å². The molecule has 1 aromatic heterocycles. The molecule has 0 fully saturated rings. The van der Waals surface area contributed by atoms with Gasteiger partial charge in [0, 0.05) is 28.8 Å². The van der Waals surface area contributed by atoms with Crippen LogP contribution in [0.15, 0.2) is 121 Å². The average Bonchev–Trinajstić information content (AvgIpc) is 3.55. The van der Waals surface area contributed by atoms with Crippen LogP contribution < -0.4 is 10.8 Å². The van der Waals surface area contributed by atoms with Gasteiger partial charge in [0.05, 0.1) is 28.6 Å². The number of anilines is 1. The second kappa shape index (κ2) is 14.8. The van der Waals surface area contributed by atoms with Crippen LogP contribution in [0.1, 0.15) is 16.7 Å². The number of hydrogen-bond donors (Lipinski definition) is 3. The van der Waals surface area contributed by atoms with Crippen molar-refractivity contribution in [1.82, 2.24) is 10.5 Å². The SMILES string of the molecule is O=C(NOCCO)[C@H](CSC(c1ccccc1)(c1ccccc1)c1ccccc1)Nc1nc(-c2ccc([N+](=O)[O-])cc2)cs1. The standard InChI is InChI=1S/C33H30N4O5S2/c38-20-21-42-36-31(39)30(35-32-34-29(22-43-32)24-16-18-28(19-17-24)37(40)41)23-44-33(25-10-4-1-5-11-25,26-12-6-2-7-13-26)27-14-8-3-9-15-27/h1-19,22,30,38H,20-21,23H2,(H,34,35)(H,36,39)/t30-/m0/s1. The molecule has 0 unspecified atom stereocenters. The van der Waals surface area contributed by atoms with Gasteiger partial charge in [-0.05, 0) is 28.8 Å². The summed E-state index contributed by atoms with van der Waals surface area (Å²) in [6.45, 7) is -0.285. The van der Waals surface area contributed by atoms with Crippen molar-refractivity contribution in [1.29, 1.82) is 0 Å². The fourth-order valence-corrected chi connectivity index (χ4v) is 7.11. The van der Waals surface area contributed by atoms with Gasteiger partial charge < -0.3 is 10.4 Å². The van der Waals surface area contributed by atoms with Crippen LogP contribution in [0, 0.1) is 10.1 Å². The molecule has 0 saturated heterocycles. The van der Waals surface area contributed by atoms with E-state index in [1.165, 1.54) is 23.5 Å². The Morgan fingerprint density at radius 3 is 1.95 bits per heavy atom. The summed E-state index contributed by atoms with van der Waals surface area (Å²) in [6.07, 6.45) is 0. The molecule has 0 aliphatic carbocycles. The van der Waals surface area contributed by atoms with Gasteiger partial charge in [0.15, 0.2) is 5.13 Å². The first-order chi connectivity index (χ1) is 21.5. The molecule has 0 spiro atoms. The fourth-order valence-electron chi connectivity index (χ4n) is 4.77. The molecule has 1 heterocycles. The van der Waals surface area contributed by atoms with E-state index in [4.69, 9.17) is 9.94 Å². The van der Waals surface area contributed by atoms with Crippen molar-refractivity contribution in [2.24, 2.45) is 0 Å². The van der Waals surface area contributed by atoms with Crippen LogP contribution in [0.5, 0.6) is 0 Å². The Morgan fingerprint density at radius 1 is 0.909 bits per heavy atom. The third-order valence-electron chi connectivity index (χ3n) is 6.87. The van der Waals surface area contributed by atoms with Crippen molar-refractivity contribution >= 4 is 39.8 Å². The average molecular weight is 627 g/mol. The maximum absolute atomic E-state index is 13.4. The van der Waals surface area contributed by atoms with Gasteiger partial charge in [-0.2, -0.15) is 0 Å². The highest BCUT2D eigenvalue weighted by atomic mass is 32.2. The summed E-state index contributed by atoms with van der Waals surface area (Å²) in [7, 11) is 0. The van der Waals surface area contributed by atoms with Crippen LogP contribution >= 0.6 is 23.1 Å². The van der Waals surface area contributed by atoms with Gasteiger partial charge in [0.25, 0.3) is 11.6 Å². The van der Waals surface area contributed by atoms with Crippen molar-refractivity contribution in [3.63, 3.8) is 0 Å². The number of carbonyl (C=O) groups excluding carboxylic acids is 1. The van der Waals surface area contributed by atoms with Gasteiger partial charge in [-0.1, -0.05) is 91.0 Å². The molecule has 0 aliphatic rings. The minimum Gasteiger partial charge on any atom is -0.394 e. The molecular formula is C33H30N4O5S2. The van der Waals surface area contributed by atoms with Crippen LogP contribution in [-0.4, -0.2) is 45.9 Å². The zero-order chi connectivity index (χ0) is 30.8. The van der Waals surface area contributed by atoms with Gasteiger partial charge in [-0.25, -0.2) is 10.5 Å². The maximum atomic E-state index is 13.4. The lowest BCUT2D eigenvalue weighted by molar-refractivity contribution is -0.384. The number of aromatic nitrogens is 1. The summed E-state index contributed by atoms with van der Waals surface area (Å²) < 4.78 is -0.650. The number of nitrogens with one attached hydrogen (secondary N) is 2. The number of nitro groups is 1. The largest absolute Gasteiger partial charge is 0.394 e. The highest BCUT2D eigenvalue weighted by Gasteiger charge is 2.38. The first-order valence-electron chi connectivity index (χ1n) is 13.8. The van der Waals surface area contributed by atoms with Crippen molar-refractivity contribution < 1.29 is 19.7 Å². The number of hydrogen-bond acceptors (Lipinski definition) is 9. The number of benzene rings is 4. The lowest BCUT2D eigenvalue weighted by Gasteiger charge is -2.36. The maximum Gasteiger partial charge on any atom is 0.269 e. The number of thioether (sulfide) groups is 1. The fraction of sp³-hybridized carbons (Fsp3) is 0.152. The van der Waals surface area contributed by atoms with Gasteiger partial charge in [-0.3, -0.25) is 19.7 Å². The van der Waals surface area contributed by atoms with E-state index in [-0.39, 0.29) is 18.9 Å². The summed E-state index contributed by atoms with van der Waals surface area (Å²) in [5.74, 6) is -0.0967. The van der Waals surface area contributed by atoms with E-state index in [0.717, 1.165) is 22.3 Å². The number of thiazole rings is 1. The van der Waals surface area contributed by atoms with Gasteiger partial charge in [-0.15, -0.1) is 23.1 Å². The van der Waals surface area contributed by atoms with Crippen LogP contribution in [0.4, 0.5) is 10.8 Å². The van der Waals surface area contributed by atoms with Crippen molar-refractivity contribution in [3.8, 4) is 11.3 Å². The third kappa shape index (κ3) is 7.14. The summed E-state index contributed by atoms with van der Waals surface area (Å²) >= 11 is 2.94. The molecule has 0 radical (unpaired) electrons. The number of amides is 1. The molecule has 44 heavy (non-hydrogen) atoms. The number of hydroxylamine groups is 1. The molecule has 5 aromatic rings. The molecular weight excluding hydrogens is 597 g/mol. The van der Waals surface area contributed by atoms with Crippen molar-refractivity contribution in [3.05, 3.63) is 147 Å². The van der Waals surface area contributed by atoms with Crippen molar-refractivity contribution in [2.45, 2.75) is 10.8 Å². The highest BCUT2D eigenvalue weighted by Crippen LogP contribution is 2.48. The molecule has 3 N–H and O–H groups in total. The number of nitrogens with zero attached hydrogens (tertiary/aromatic N) is 2. The van der Waals surface area contributed by atoms with E-state index in [2.05, 4.69) is 52.2 Å². The van der Waals surface area contributed by atoms with Crippen LogP contribution in [0.2, 0.25) is 0 Å². The number of aliphatic hydroxyl groups excluding tert-OH is 1. The lowest BCUT2D eigenvalue weighted by Crippen LogP contribution is -2.43. The summed E-state index contributed by atoms with van der Waals surface area (Å²) in [4.78, 5) is 33.9. The minimum absolute atomic E-state index is 0.00213. The Balaban J connectivity index is 1.48. The molecule has 224 valence electrons. The summed E-state index contributed by atoms with van der Waals surface area (Å²) in [6, 6.07) is 36.0. The Labute approximate surface area is 263 Å². The number of carbonyl (C=O) groups is 1. The first kappa shape index (κ1) is 30.9. The summed E-state index contributed by atoms with van der Waals surface area (Å²) in [5.41, 5.74) is 6.99. The second-order valence-electron chi connectivity index (χ2n) is 9.67. The highest BCUT2D eigenvalue weighted by molar-refractivity contribution is 8.00. The quantitative estimate of drug-likeness (QED) is 0.0570. The second-order valence-corrected chi connectivity index (χ2v) is 11.8. The lowest BCUT2D eigenvalue weighted by atomic mass is 9.84. The van der Waals surface area contributed by atoms with Gasteiger partial charge in [0.1, 0.15) is 6.04 Å². The van der Waals surface area contributed by atoms with Crippen LogP contribution in [-0.2, 0) is 14.4 Å². The Morgan fingerprint density at radius 2 is 1.45 bits per heavy atom. The van der Waals surface area contributed by atoms with E-state index in [0.29, 0.717) is 16.6 Å². The van der Waals surface area contributed by atoms with Crippen LogP contribution in [0.3, 0.4) is 0 Å². The number of rotatable bonds is 14. The van der Waals surface area contributed by atoms with Crippen LogP contribution in [0.25, 0.3) is 11.3 Å². The Kier molecular flexibility index (Phi) is 10.4. The normalized spacial score (nSPS) is 11.9. The minimum atomic E-state index is -0.773. The molecule has 1 atom stereocenters. The van der Waals surface area contributed by atoms with E-state index in [9.17, 15) is 14.9 Å². The third-order valence-corrected chi connectivity index (χ3v) is 9.28. The first-order valence-corrected chi connectivity index (χ1v) is 15.7. The molecule has 0 saturated carbocycles. The smallest absolute Gasteiger partial charge is 0.269 e. The van der Waals surface area contributed by atoms with Crippen molar-refractivity contribution in [2.75, 3.05) is 24.3 Å². The molecule has 1 amide bonds. The Hall–Kier alpha value is -4.55. The summed E-state index contributed by atoms with van der Waals surface area (Å²) in [5, 5.41) is 25.8. The number of aliphatic hydroxyl groups is 1. The molecule has 0 bridgehead atoms. The predicted octanol–water partition coefficient (Wildman–Crippen LogP) is 6.26. The zero-order valence-electron chi connectivity index (χ0n) is 23.5. The van der Waals surface area contributed by atoms with E-state index >= 15 is 0 Å². The van der Waals surface area contributed by atoms with E-state index in [1.54, 1.807) is 23.9 Å². The molecule has 4 aromatic carbocycles. The molecule has 5 rings (SSSR count). The zero-order valence-corrected chi connectivity index (χ0v) is 25.2. The number of nitro benzene ring substituents is 1. The van der Waals surface area contributed by atoms with E-state index in [1.807, 2.05) is 60.0 Å². The predicted molar refractivity (Wildman–Crippen MR) is 174 cm³/mol.